The number of aromatic amines is 1. The Bertz CT molecular complexity index is 1280. The summed E-state index contributed by atoms with van der Waals surface area (Å²) in [6.07, 6.45) is 5.51. The van der Waals surface area contributed by atoms with Gasteiger partial charge in [0.05, 0.1) is 36.3 Å². The first-order valence-corrected chi connectivity index (χ1v) is 11.7. The van der Waals surface area contributed by atoms with Gasteiger partial charge >= 0.3 is 0 Å². The average Bonchev–Trinajstić information content (AvgIpc) is 3.44. The van der Waals surface area contributed by atoms with Crippen LogP contribution in [0, 0.1) is 11.7 Å². The van der Waals surface area contributed by atoms with Gasteiger partial charge < -0.3 is 15.0 Å². The van der Waals surface area contributed by atoms with Gasteiger partial charge in [-0.2, -0.15) is 5.10 Å². The Morgan fingerprint density at radius 1 is 1.34 bits per heavy atom. The fraction of sp³-hybridized carbons (Fsp3) is 0.375. The normalized spacial score (nSPS) is 18.4. The Morgan fingerprint density at radius 3 is 2.91 bits per heavy atom. The molecule has 9 nitrogen and oxygen atoms in total. The van der Waals surface area contributed by atoms with Crippen molar-refractivity contribution in [3.05, 3.63) is 58.9 Å². The highest BCUT2D eigenvalue weighted by molar-refractivity contribution is 6.31. The number of carbonyl (C=O) groups is 2. The van der Waals surface area contributed by atoms with Crippen LogP contribution in [0.2, 0.25) is 5.02 Å². The number of likely N-dealkylation sites (tertiary alicyclic amines) is 1. The number of aromatic nitrogens is 4. The van der Waals surface area contributed by atoms with E-state index < -0.39 is 5.82 Å². The van der Waals surface area contributed by atoms with Crippen LogP contribution in [0.1, 0.15) is 41.9 Å². The molecule has 1 aliphatic heterocycles. The molecule has 2 amide bonds. The van der Waals surface area contributed by atoms with Crippen LogP contribution in [-0.2, 0) is 11.3 Å². The molecule has 2 fully saturated rings. The van der Waals surface area contributed by atoms with Crippen molar-refractivity contribution in [3.8, 4) is 17.1 Å². The van der Waals surface area contributed by atoms with Crippen molar-refractivity contribution in [1.82, 2.24) is 30.4 Å². The number of rotatable bonds is 6. The topological polar surface area (TPSA) is 113 Å². The van der Waals surface area contributed by atoms with Crippen molar-refractivity contribution in [3.63, 3.8) is 0 Å². The summed E-state index contributed by atoms with van der Waals surface area (Å²) in [6, 6.07) is 6.44. The van der Waals surface area contributed by atoms with E-state index in [1.165, 1.54) is 19.2 Å². The minimum atomic E-state index is -0.561. The smallest absolute Gasteiger partial charge is 0.272 e. The fourth-order valence-corrected chi connectivity index (χ4v) is 4.85. The lowest BCUT2D eigenvalue weighted by atomic mass is 9.88. The molecule has 0 radical (unpaired) electrons. The molecular weight excluding hydrogens is 475 g/mol. The lowest BCUT2D eigenvalue weighted by Crippen LogP contribution is -2.50. The Hall–Kier alpha value is -3.53. The number of amides is 2. The molecule has 5 rings (SSSR count). The van der Waals surface area contributed by atoms with Crippen LogP contribution in [-0.4, -0.2) is 56.1 Å². The molecular formula is C24H24ClFN6O3. The average molecular weight is 499 g/mol. The maximum Gasteiger partial charge on any atom is 0.272 e. The van der Waals surface area contributed by atoms with Crippen molar-refractivity contribution in [2.45, 2.75) is 37.8 Å². The van der Waals surface area contributed by atoms with Crippen LogP contribution in [0.25, 0.3) is 11.3 Å². The summed E-state index contributed by atoms with van der Waals surface area (Å²) in [7, 11) is 1.44. The number of H-pyrrole nitrogens is 1. The predicted octanol–water partition coefficient (Wildman–Crippen LogP) is 3.37. The van der Waals surface area contributed by atoms with Crippen LogP contribution in [0.3, 0.4) is 0 Å². The van der Waals surface area contributed by atoms with Crippen LogP contribution in [0.4, 0.5) is 4.39 Å². The monoisotopic (exact) mass is 498 g/mol. The second kappa shape index (κ2) is 9.26. The quantitative estimate of drug-likeness (QED) is 0.538. The van der Waals surface area contributed by atoms with Gasteiger partial charge in [-0.25, -0.2) is 9.37 Å². The van der Waals surface area contributed by atoms with E-state index in [0.29, 0.717) is 35.8 Å². The zero-order valence-corrected chi connectivity index (χ0v) is 19.8. The molecule has 2 N–H and O–H groups in total. The number of pyridine rings is 2. The summed E-state index contributed by atoms with van der Waals surface area (Å²) in [4.78, 5) is 36.0. The maximum absolute atomic E-state index is 14.3. The highest BCUT2D eigenvalue weighted by Crippen LogP contribution is 2.50. The van der Waals surface area contributed by atoms with Crippen molar-refractivity contribution in [2.75, 3.05) is 13.7 Å². The molecule has 0 bridgehead atoms. The number of ether oxygens (including phenoxy) is 1. The van der Waals surface area contributed by atoms with Crippen molar-refractivity contribution >= 4 is 23.4 Å². The van der Waals surface area contributed by atoms with Gasteiger partial charge in [0.15, 0.2) is 5.82 Å². The highest BCUT2D eigenvalue weighted by atomic mass is 35.5. The van der Waals surface area contributed by atoms with Gasteiger partial charge in [0.25, 0.3) is 5.91 Å². The van der Waals surface area contributed by atoms with Crippen molar-refractivity contribution in [2.24, 2.45) is 5.92 Å². The molecule has 1 atom stereocenters. The van der Waals surface area contributed by atoms with E-state index >= 15 is 0 Å². The van der Waals surface area contributed by atoms with E-state index in [1.807, 2.05) is 4.90 Å². The lowest BCUT2D eigenvalue weighted by Gasteiger charge is -2.39. The van der Waals surface area contributed by atoms with Crippen LogP contribution in [0.15, 0.2) is 36.7 Å². The van der Waals surface area contributed by atoms with E-state index in [1.54, 1.807) is 18.3 Å². The minimum absolute atomic E-state index is 0.0592. The third-order valence-electron chi connectivity index (χ3n) is 6.73. The number of nitrogens with zero attached hydrogens (tertiary/aromatic N) is 4. The predicted molar refractivity (Wildman–Crippen MR) is 125 cm³/mol. The van der Waals surface area contributed by atoms with Gasteiger partial charge in [-0.1, -0.05) is 11.6 Å². The molecule has 182 valence electrons. The van der Waals surface area contributed by atoms with Crippen molar-refractivity contribution in [1.29, 1.82) is 0 Å². The van der Waals surface area contributed by atoms with Gasteiger partial charge in [0.1, 0.15) is 5.69 Å². The minimum Gasteiger partial charge on any atom is -0.481 e. The standard InChI is InChI=1S/C24H24ClFN6O3/c1-35-21-9-15(17(26)12-28-21)18-10-19(31-30-18)23(34)32-8-4-14(11-24(32)5-6-24)22(33)29-13-20-16(25)3-2-7-27-20/h2-3,7,9-10,12,14H,4-6,8,11,13H2,1H3,(H,29,33)(H,30,31)/t14-/m0/s1. The van der Waals surface area contributed by atoms with E-state index in [-0.39, 0.29) is 47.0 Å². The molecule has 0 unspecified atom stereocenters. The Kier molecular flexibility index (Phi) is 6.14. The molecule has 2 aliphatic rings. The second-order valence-electron chi connectivity index (χ2n) is 8.89. The van der Waals surface area contributed by atoms with Gasteiger partial charge in [-0.05, 0) is 43.9 Å². The largest absolute Gasteiger partial charge is 0.481 e. The third kappa shape index (κ3) is 4.58. The molecule has 3 aromatic heterocycles. The number of carbonyl (C=O) groups excluding carboxylic acids is 2. The third-order valence-corrected chi connectivity index (χ3v) is 7.08. The Morgan fingerprint density at radius 2 is 2.17 bits per heavy atom. The van der Waals surface area contributed by atoms with E-state index in [9.17, 15) is 14.0 Å². The first-order valence-electron chi connectivity index (χ1n) is 11.3. The highest BCUT2D eigenvalue weighted by Gasteiger charge is 2.54. The van der Waals surface area contributed by atoms with Crippen molar-refractivity contribution < 1.29 is 18.7 Å². The first-order chi connectivity index (χ1) is 16.9. The van der Waals surface area contributed by atoms with Crippen LogP contribution in [0.5, 0.6) is 5.88 Å². The van der Waals surface area contributed by atoms with Gasteiger partial charge in [0, 0.05) is 35.8 Å². The molecule has 35 heavy (non-hydrogen) atoms. The van der Waals surface area contributed by atoms with Gasteiger partial charge in [-0.15, -0.1) is 0 Å². The second-order valence-corrected chi connectivity index (χ2v) is 9.30. The zero-order valence-electron chi connectivity index (χ0n) is 19.1. The Labute approximate surface area is 206 Å². The molecule has 4 heterocycles. The number of piperidine rings is 1. The summed E-state index contributed by atoms with van der Waals surface area (Å²) >= 11 is 6.13. The lowest BCUT2D eigenvalue weighted by molar-refractivity contribution is -0.127. The number of hydrogen-bond donors (Lipinski definition) is 2. The number of nitrogens with one attached hydrogen (secondary N) is 2. The van der Waals surface area contributed by atoms with Gasteiger partial charge in [0.2, 0.25) is 11.8 Å². The molecule has 11 heteroatoms. The molecule has 1 saturated carbocycles. The van der Waals surface area contributed by atoms with Gasteiger partial charge in [-0.3, -0.25) is 19.7 Å². The fourth-order valence-electron chi connectivity index (χ4n) is 4.66. The summed E-state index contributed by atoms with van der Waals surface area (Å²) in [6.45, 7) is 0.713. The number of hydrogen-bond acceptors (Lipinski definition) is 6. The molecule has 1 aliphatic carbocycles. The summed E-state index contributed by atoms with van der Waals surface area (Å²) < 4.78 is 19.3. The van der Waals surface area contributed by atoms with E-state index in [4.69, 9.17) is 16.3 Å². The number of methoxy groups -OCH3 is 1. The Balaban J connectivity index is 1.25. The van der Waals surface area contributed by atoms with Crippen LogP contribution >= 0.6 is 11.6 Å². The molecule has 0 aromatic carbocycles. The van der Waals surface area contributed by atoms with E-state index in [2.05, 4.69) is 25.5 Å². The summed E-state index contributed by atoms with van der Waals surface area (Å²) in [5, 5.41) is 10.3. The zero-order chi connectivity index (χ0) is 24.6. The summed E-state index contributed by atoms with van der Waals surface area (Å²) in [5.74, 6) is -0.772. The maximum atomic E-state index is 14.3. The molecule has 3 aromatic rings. The summed E-state index contributed by atoms with van der Waals surface area (Å²) in [5.41, 5.74) is 1.04. The number of halogens is 2. The van der Waals surface area contributed by atoms with E-state index in [0.717, 1.165) is 19.0 Å². The molecule has 1 spiro atoms. The van der Waals surface area contributed by atoms with Crippen LogP contribution < -0.4 is 10.1 Å². The molecule has 1 saturated heterocycles. The SMILES string of the molecule is COc1cc(-c2cc(C(=O)N3CC[C@H](C(=O)NCc4ncccc4Cl)CC34CC4)[nH]n2)c(F)cn1. The first kappa shape index (κ1) is 23.2.